The number of carbonyl (C=O) groups excluding carboxylic acids is 2. The van der Waals surface area contributed by atoms with Crippen molar-refractivity contribution in [3.63, 3.8) is 0 Å². The zero-order valence-electron chi connectivity index (χ0n) is 18.8. The quantitative estimate of drug-likeness (QED) is 0.713. The van der Waals surface area contributed by atoms with E-state index >= 15 is 0 Å². The number of carbonyl (C=O) groups is 2. The number of rotatable bonds is 3. The number of para-hydroxylation sites is 1. The molecule has 160 valence electrons. The molecule has 4 rings (SSSR count). The van der Waals surface area contributed by atoms with E-state index < -0.39 is 5.92 Å². The van der Waals surface area contributed by atoms with Crippen molar-refractivity contribution in [3.05, 3.63) is 35.0 Å². The van der Waals surface area contributed by atoms with Crippen molar-refractivity contribution in [2.75, 3.05) is 14.2 Å². The monoisotopic (exact) mass is 409 g/mol. The lowest BCUT2D eigenvalue weighted by Crippen LogP contribution is -2.45. The molecule has 1 aromatic rings. The molecule has 30 heavy (non-hydrogen) atoms. The Labute approximate surface area is 178 Å². The Morgan fingerprint density at radius 3 is 2.27 bits per heavy atom. The number of benzene rings is 1. The highest BCUT2D eigenvalue weighted by Gasteiger charge is 2.50. The van der Waals surface area contributed by atoms with E-state index in [0.717, 1.165) is 29.8 Å². The number of ether oxygens (including phenoxy) is 2. The average Bonchev–Trinajstić information content (AvgIpc) is 2.63. The van der Waals surface area contributed by atoms with Gasteiger partial charge in [0.15, 0.2) is 17.3 Å². The predicted octanol–water partition coefficient (Wildman–Crippen LogP) is 4.89. The molecule has 0 amide bonds. The molecule has 5 nitrogen and oxygen atoms in total. The minimum Gasteiger partial charge on any atom is -0.493 e. The summed E-state index contributed by atoms with van der Waals surface area (Å²) in [7, 11) is 3.20. The topological polar surface area (TPSA) is 65.0 Å². The number of allylic oxidation sites excluding steroid dienone is 2. The van der Waals surface area contributed by atoms with Crippen molar-refractivity contribution in [1.82, 2.24) is 0 Å². The molecule has 1 unspecified atom stereocenters. The maximum Gasteiger partial charge on any atom is 0.164 e. The van der Waals surface area contributed by atoms with E-state index in [-0.39, 0.29) is 28.3 Å². The standard InChI is InChI=1S/C25H31NO4/c1-24(2)10-15-21(17(27)12-24)20(14-8-7-9-19(29-5)23(14)30-6)22-16(26-15)11-25(3,4)13-18(22)28/h7-9,20-21H,10-13H2,1-6H3/t20-,21?/m0/s1. The third-order valence-electron chi connectivity index (χ3n) is 6.61. The van der Waals surface area contributed by atoms with Gasteiger partial charge in [0.2, 0.25) is 0 Å². The van der Waals surface area contributed by atoms with Crippen molar-refractivity contribution in [2.24, 2.45) is 21.7 Å². The third kappa shape index (κ3) is 3.38. The van der Waals surface area contributed by atoms with Gasteiger partial charge in [0, 0.05) is 41.3 Å². The number of methoxy groups -OCH3 is 2. The number of hydrogen-bond donors (Lipinski definition) is 0. The predicted molar refractivity (Wildman–Crippen MR) is 116 cm³/mol. The van der Waals surface area contributed by atoms with Gasteiger partial charge in [-0.1, -0.05) is 39.8 Å². The highest BCUT2D eigenvalue weighted by molar-refractivity contribution is 6.13. The van der Waals surface area contributed by atoms with Gasteiger partial charge in [0.25, 0.3) is 0 Å². The lowest BCUT2D eigenvalue weighted by atomic mass is 9.60. The second-order valence-corrected chi connectivity index (χ2v) is 10.4. The number of ketones is 2. The van der Waals surface area contributed by atoms with Crippen LogP contribution in [0.2, 0.25) is 0 Å². The molecule has 1 aromatic carbocycles. The second kappa shape index (κ2) is 7.07. The fourth-order valence-corrected chi connectivity index (χ4v) is 5.50. The molecule has 0 aromatic heterocycles. The molecule has 1 fully saturated rings. The van der Waals surface area contributed by atoms with E-state index in [2.05, 4.69) is 27.7 Å². The Morgan fingerprint density at radius 1 is 0.900 bits per heavy atom. The van der Waals surface area contributed by atoms with Gasteiger partial charge in [-0.15, -0.1) is 0 Å². The summed E-state index contributed by atoms with van der Waals surface area (Å²) in [6.45, 7) is 8.45. The molecule has 0 spiro atoms. The Hall–Kier alpha value is -2.43. The number of fused-ring (bicyclic) bond motifs is 1. The Balaban J connectivity index is 1.96. The summed E-state index contributed by atoms with van der Waals surface area (Å²) in [4.78, 5) is 31.8. The third-order valence-corrected chi connectivity index (χ3v) is 6.61. The molecule has 1 aliphatic heterocycles. The van der Waals surface area contributed by atoms with E-state index in [9.17, 15) is 9.59 Å². The Bertz CT molecular complexity index is 983. The zero-order valence-corrected chi connectivity index (χ0v) is 18.8. The molecule has 2 aliphatic carbocycles. The maximum absolute atomic E-state index is 13.4. The lowest BCUT2D eigenvalue weighted by Gasteiger charge is -2.44. The van der Waals surface area contributed by atoms with Crippen LogP contribution in [0.3, 0.4) is 0 Å². The van der Waals surface area contributed by atoms with Gasteiger partial charge in [0.05, 0.1) is 20.1 Å². The summed E-state index contributed by atoms with van der Waals surface area (Å²) in [5.41, 5.74) is 3.04. The van der Waals surface area contributed by atoms with Crippen LogP contribution in [-0.4, -0.2) is 31.5 Å². The summed E-state index contributed by atoms with van der Waals surface area (Å²) in [6, 6.07) is 5.70. The minimum atomic E-state index is -0.414. The fourth-order valence-electron chi connectivity index (χ4n) is 5.50. The van der Waals surface area contributed by atoms with Crippen molar-refractivity contribution in [3.8, 4) is 11.5 Å². The lowest BCUT2D eigenvalue weighted by molar-refractivity contribution is -0.124. The molecule has 0 N–H and O–H groups in total. The summed E-state index contributed by atoms with van der Waals surface area (Å²) < 4.78 is 11.2. The first-order valence-corrected chi connectivity index (χ1v) is 10.6. The van der Waals surface area contributed by atoms with Gasteiger partial charge in [-0.25, -0.2) is 0 Å². The van der Waals surface area contributed by atoms with E-state index in [0.29, 0.717) is 29.9 Å². The van der Waals surface area contributed by atoms with E-state index in [1.165, 1.54) is 0 Å². The fraction of sp³-hybridized carbons (Fsp3) is 0.560. The number of Topliss-reactive ketones (excluding diaryl/α,β-unsaturated/α-hetero) is 2. The van der Waals surface area contributed by atoms with Gasteiger partial charge >= 0.3 is 0 Å². The smallest absolute Gasteiger partial charge is 0.164 e. The van der Waals surface area contributed by atoms with Crippen LogP contribution in [0.15, 0.2) is 34.5 Å². The first-order chi connectivity index (χ1) is 14.1. The van der Waals surface area contributed by atoms with Crippen LogP contribution in [0.5, 0.6) is 11.5 Å². The Kier molecular flexibility index (Phi) is 4.91. The van der Waals surface area contributed by atoms with Crippen LogP contribution in [0.4, 0.5) is 0 Å². The molecule has 5 heteroatoms. The van der Waals surface area contributed by atoms with Crippen molar-refractivity contribution >= 4 is 17.3 Å². The van der Waals surface area contributed by atoms with Crippen LogP contribution < -0.4 is 9.47 Å². The van der Waals surface area contributed by atoms with Crippen molar-refractivity contribution in [1.29, 1.82) is 0 Å². The van der Waals surface area contributed by atoms with Crippen LogP contribution in [-0.2, 0) is 9.59 Å². The number of hydrogen-bond acceptors (Lipinski definition) is 5. The van der Waals surface area contributed by atoms with Crippen LogP contribution in [0, 0.1) is 16.7 Å². The highest BCUT2D eigenvalue weighted by atomic mass is 16.5. The second-order valence-electron chi connectivity index (χ2n) is 10.4. The zero-order chi connectivity index (χ0) is 21.8. The number of nitrogens with zero attached hydrogens (tertiary/aromatic N) is 1. The van der Waals surface area contributed by atoms with Crippen LogP contribution >= 0.6 is 0 Å². The van der Waals surface area contributed by atoms with Crippen LogP contribution in [0.1, 0.15) is 64.9 Å². The van der Waals surface area contributed by atoms with E-state index in [1.807, 2.05) is 18.2 Å². The van der Waals surface area contributed by atoms with E-state index in [4.69, 9.17) is 14.5 Å². The van der Waals surface area contributed by atoms with Crippen molar-refractivity contribution < 1.29 is 19.1 Å². The maximum atomic E-state index is 13.4. The first-order valence-electron chi connectivity index (χ1n) is 10.6. The molecule has 1 saturated carbocycles. The van der Waals surface area contributed by atoms with Gasteiger partial charge in [0.1, 0.15) is 5.78 Å². The summed E-state index contributed by atoms with van der Waals surface area (Å²) >= 11 is 0. The largest absolute Gasteiger partial charge is 0.493 e. The van der Waals surface area contributed by atoms with Gasteiger partial charge < -0.3 is 9.47 Å². The van der Waals surface area contributed by atoms with Gasteiger partial charge in [-0.2, -0.15) is 0 Å². The summed E-state index contributed by atoms with van der Waals surface area (Å²) in [6.07, 6.45) is 2.45. The molecule has 0 radical (unpaired) electrons. The number of aliphatic imine (C=N–C) groups is 1. The normalized spacial score (nSPS) is 27.2. The average molecular weight is 410 g/mol. The SMILES string of the molecule is COc1cccc([C@@H]2C3=C(CC(C)(C)CC3=O)N=C3CC(C)(C)CC(=O)C32)c1OC. The Morgan fingerprint density at radius 2 is 1.60 bits per heavy atom. The minimum absolute atomic E-state index is 0.0940. The summed E-state index contributed by atoms with van der Waals surface area (Å²) in [5.74, 6) is 0.662. The van der Waals surface area contributed by atoms with E-state index in [1.54, 1.807) is 14.2 Å². The highest BCUT2D eigenvalue weighted by Crippen LogP contribution is 2.53. The molecule has 2 atom stereocenters. The molecule has 3 aliphatic rings. The molecule has 0 saturated heterocycles. The first kappa shape index (κ1) is 20.8. The summed E-state index contributed by atoms with van der Waals surface area (Å²) in [5, 5.41) is 0. The molecular weight excluding hydrogens is 378 g/mol. The van der Waals surface area contributed by atoms with Gasteiger partial charge in [-0.3, -0.25) is 14.6 Å². The van der Waals surface area contributed by atoms with Gasteiger partial charge in [-0.05, 0) is 29.7 Å². The van der Waals surface area contributed by atoms with Crippen LogP contribution in [0.25, 0.3) is 0 Å². The molecular formula is C25H31NO4. The van der Waals surface area contributed by atoms with Crippen molar-refractivity contribution in [2.45, 2.75) is 59.3 Å². The molecule has 1 heterocycles. The molecule has 0 bridgehead atoms.